The molecule has 0 saturated carbocycles. The van der Waals surface area contributed by atoms with E-state index < -0.39 is 0 Å². The third-order valence-electron chi connectivity index (χ3n) is 3.51. The summed E-state index contributed by atoms with van der Waals surface area (Å²) >= 11 is 6.04. The average Bonchev–Trinajstić information content (AvgIpc) is 2.58. The van der Waals surface area contributed by atoms with Gasteiger partial charge >= 0.3 is 0 Å². The molecular weight excluding hydrogens is 326 g/mol. The predicted octanol–water partition coefficient (Wildman–Crippen LogP) is 4.40. The first-order valence-corrected chi connectivity index (χ1v) is 7.88. The van der Waals surface area contributed by atoms with Gasteiger partial charge in [0.1, 0.15) is 0 Å². The van der Waals surface area contributed by atoms with E-state index in [1.807, 2.05) is 25.1 Å². The third-order valence-corrected chi connectivity index (χ3v) is 3.92. The molecule has 4 nitrogen and oxygen atoms in total. The fourth-order valence-electron chi connectivity index (χ4n) is 2.20. The normalized spacial score (nSPS) is 10.1. The number of hydrogen-bond acceptors (Lipinski definition) is 3. The molecule has 2 rings (SSSR count). The Labute approximate surface area is 147 Å². The van der Waals surface area contributed by atoms with Crippen molar-refractivity contribution in [2.45, 2.75) is 13.3 Å². The number of allylic oxidation sites excluding steroid dienone is 1. The van der Waals surface area contributed by atoms with Gasteiger partial charge in [-0.3, -0.25) is 4.79 Å². The molecule has 0 radical (unpaired) electrons. The molecule has 0 aromatic heterocycles. The molecule has 0 atom stereocenters. The number of nitrogens with one attached hydrogen (secondary N) is 1. The number of rotatable bonds is 7. The molecule has 0 fully saturated rings. The molecule has 5 heteroatoms. The van der Waals surface area contributed by atoms with E-state index in [9.17, 15) is 4.79 Å². The molecule has 0 heterocycles. The van der Waals surface area contributed by atoms with E-state index in [0.717, 1.165) is 17.5 Å². The summed E-state index contributed by atoms with van der Waals surface area (Å²) in [6.45, 7) is 5.44. The number of amides is 1. The van der Waals surface area contributed by atoms with Crippen molar-refractivity contribution < 1.29 is 14.3 Å². The zero-order chi connectivity index (χ0) is 17.5. The molecule has 1 amide bonds. The van der Waals surface area contributed by atoms with Crippen molar-refractivity contribution in [3.8, 4) is 11.5 Å². The van der Waals surface area contributed by atoms with Gasteiger partial charge in [0.2, 0.25) is 0 Å². The van der Waals surface area contributed by atoms with Crippen LogP contribution in [0.5, 0.6) is 11.5 Å². The Bertz CT molecular complexity index is 743. The first-order chi connectivity index (χ1) is 11.5. The monoisotopic (exact) mass is 345 g/mol. The van der Waals surface area contributed by atoms with Gasteiger partial charge in [0.25, 0.3) is 5.91 Å². The zero-order valence-corrected chi connectivity index (χ0v) is 14.5. The molecule has 1 N–H and O–H groups in total. The number of hydrogen-bond donors (Lipinski definition) is 1. The molecule has 0 aliphatic rings. The number of benzene rings is 2. The van der Waals surface area contributed by atoms with Crippen molar-refractivity contribution >= 4 is 23.2 Å². The van der Waals surface area contributed by atoms with Crippen LogP contribution in [0, 0.1) is 6.92 Å². The second-order valence-corrected chi connectivity index (χ2v) is 5.63. The molecule has 0 unspecified atom stereocenters. The van der Waals surface area contributed by atoms with E-state index in [4.69, 9.17) is 21.1 Å². The summed E-state index contributed by atoms with van der Waals surface area (Å²) in [5.41, 5.74) is 2.55. The lowest BCUT2D eigenvalue weighted by Gasteiger charge is -2.13. The Morgan fingerprint density at radius 3 is 2.79 bits per heavy atom. The van der Waals surface area contributed by atoms with E-state index in [1.165, 1.54) is 0 Å². The van der Waals surface area contributed by atoms with Gasteiger partial charge in [0, 0.05) is 10.7 Å². The molecule has 2 aromatic carbocycles. The Morgan fingerprint density at radius 1 is 1.29 bits per heavy atom. The maximum atomic E-state index is 12.1. The molecule has 0 spiro atoms. The van der Waals surface area contributed by atoms with E-state index in [-0.39, 0.29) is 12.5 Å². The maximum Gasteiger partial charge on any atom is 0.262 e. The van der Waals surface area contributed by atoms with Crippen LogP contribution in [0.2, 0.25) is 5.02 Å². The lowest BCUT2D eigenvalue weighted by atomic mass is 10.1. The topological polar surface area (TPSA) is 47.6 Å². The number of halogens is 1. The van der Waals surface area contributed by atoms with Gasteiger partial charge in [-0.05, 0) is 48.7 Å². The highest BCUT2D eigenvalue weighted by Gasteiger charge is 2.10. The van der Waals surface area contributed by atoms with Crippen molar-refractivity contribution in [1.29, 1.82) is 0 Å². The molecule has 0 saturated heterocycles. The van der Waals surface area contributed by atoms with Crippen LogP contribution in [0.25, 0.3) is 0 Å². The molecule has 0 aliphatic carbocycles. The van der Waals surface area contributed by atoms with Crippen LogP contribution in [0.3, 0.4) is 0 Å². The van der Waals surface area contributed by atoms with Gasteiger partial charge in [-0.1, -0.05) is 29.8 Å². The Kier molecular flexibility index (Phi) is 6.27. The smallest absolute Gasteiger partial charge is 0.262 e. The second kappa shape index (κ2) is 8.41. The summed E-state index contributed by atoms with van der Waals surface area (Å²) in [5.74, 6) is 0.835. The van der Waals surface area contributed by atoms with Gasteiger partial charge < -0.3 is 14.8 Å². The number of anilines is 1. The Morgan fingerprint density at radius 2 is 2.08 bits per heavy atom. The molecular formula is C19H20ClNO3. The summed E-state index contributed by atoms with van der Waals surface area (Å²) in [4.78, 5) is 12.1. The molecule has 24 heavy (non-hydrogen) atoms. The fraction of sp³-hybridized carbons (Fsp3) is 0.211. The number of carbonyl (C=O) groups is 1. The summed E-state index contributed by atoms with van der Waals surface area (Å²) in [5, 5.41) is 3.39. The maximum absolute atomic E-state index is 12.1. The minimum Gasteiger partial charge on any atom is -0.493 e. The van der Waals surface area contributed by atoms with Gasteiger partial charge in [0.15, 0.2) is 18.1 Å². The van der Waals surface area contributed by atoms with Crippen LogP contribution in [0.15, 0.2) is 49.1 Å². The third kappa shape index (κ3) is 4.52. The molecule has 0 bridgehead atoms. The van der Waals surface area contributed by atoms with Crippen LogP contribution in [0.4, 0.5) is 5.69 Å². The van der Waals surface area contributed by atoms with E-state index in [2.05, 4.69) is 11.9 Å². The zero-order valence-electron chi connectivity index (χ0n) is 13.8. The van der Waals surface area contributed by atoms with Crippen molar-refractivity contribution in [3.63, 3.8) is 0 Å². The largest absolute Gasteiger partial charge is 0.493 e. The second-order valence-electron chi connectivity index (χ2n) is 5.23. The first kappa shape index (κ1) is 17.9. The first-order valence-electron chi connectivity index (χ1n) is 7.50. The van der Waals surface area contributed by atoms with Crippen LogP contribution in [0.1, 0.15) is 11.1 Å². The average molecular weight is 346 g/mol. The van der Waals surface area contributed by atoms with Crippen molar-refractivity contribution in [1.82, 2.24) is 0 Å². The van der Waals surface area contributed by atoms with Gasteiger partial charge in [-0.2, -0.15) is 0 Å². The highest BCUT2D eigenvalue weighted by Crippen LogP contribution is 2.28. The highest BCUT2D eigenvalue weighted by molar-refractivity contribution is 6.31. The Hall–Kier alpha value is -2.46. The van der Waals surface area contributed by atoms with Crippen molar-refractivity contribution in [2.24, 2.45) is 0 Å². The number of methoxy groups -OCH3 is 1. The van der Waals surface area contributed by atoms with Crippen LogP contribution in [-0.4, -0.2) is 19.6 Å². The summed E-state index contributed by atoms with van der Waals surface area (Å²) in [7, 11) is 1.56. The fourth-order valence-corrected chi connectivity index (χ4v) is 2.37. The van der Waals surface area contributed by atoms with Crippen LogP contribution >= 0.6 is 11.6 Å². The minimum absolute atomic E-state index is 0.122. The molecule has 0 aliphatic heterocycles. The summed E-state index contributed by atoms with van der Waals surface area (Å²) in [6, 6.07) is 10.9. The van der Waals surface area contributed by atoms with E-state index >= 15 is 0 Å². The molecule has 126 valence electrons. The van der Waals surface area contributed by atoms with Gasteiger partial charge in [-0.25, -0.2) is 0 Å². The Balaban J connectivity index is 2.01. The summed E-state index contributed by atoms with van der Waals surface area (Å²) in [6.07, 6.45) is 2.56. The van der Waals surface area contributed by atoms with E-state index in [0.29, 0.717) is 22.2 Å². The van der Waals surface area contributed by atoms with E-state index in [1.54, 1.807) is 31.4 Å². The van der Waals surface area contributed by atoms with Crippen LogP contribution in [-0.2, 0) is 11.2 Å². The molecule has 2 aromatic rings. The summed E-state index contributed by atoms with van der Waals surface area (Å²) < 4.78 is 10.9. The number of ether oxygens (including phenoxy) is 2. The lowest BCUT2D eigenvalue weighted by molar-refractivity contribution is -0.118. The number of carbonyl (C=O) groups excluding carboxylic acids is 1. The van der Waals surface area contributed by atoms with Crippen molar-refractivity contribution in [2.75, 3.05) is 19.0 Å². The van der Waals surface area contributed by atoms with Gasteiger partial charge in [0.05, 0.1) is 7.11 Å². The van der Waals surface area contributed by atoms with Gasteiger partial charge in [-0.15, -0.1) is 6.58 Å². The standard InChI is InChI=1S/C19H20ClNO3/c1-4-6-14-9-10-17(18(11-14)23-3)24-12-19(22)21-16-8-5-7-15(20)13(16)2/h4-5,7-11H,1,6,12H2,2-3H3,(H,21,22). The lowest BCUT2D eigenvalue weighted by Crippen LogP contribution is -2.20. The SMILES string of the molecule is C=CCc1ccc(OCC(=O)Nc2cccc(Cl)c2C)c(OC)c1. The predicted molar refractivity (Wildman–Crippen MR) is 97.2 cm³/mol. The van der Waals surface area contributed by atoms with Crippen molar-refractivity contribution in [3.05, 3.63) is 65.2 Å². The minimum atomic E-state index is -0.266. The van der Waals surface area contributed by atoms with Crippen LogP contribution < -0.4 is 14.8 Å². The highest BCUT2D eigenvalue weighted by atomic mass is 35.5. The quantitative estimate of drug-likeness (QED) is 0.756.